The fraction of sp³-hybridized carbons (Fsp3) is 0.471. The Balaban J connectivity index is 1.79. The van der Waals surface area contributed by atoms with Gasteiger partial charge in [-0.25, -0.2) is 0 Å². The summed E-state index contributed by atoms with van der Waals surface area (Å²) in [5.74, 6) is -0.106. The van der Waals surface area contributed by atoms with Gasteiger partial charge in [-0.15, -0.1) is 6.58 Å². The molecular formula is C17H23N3O3. The molecule has 0 aliphatic carbocycles. The monoisotopic (exact) mass is 317 g/mol. The molecule has 1 aliphatic heterocycles. The fourth-order valence-electron chi connectivity index (χ4n) is 2.51. The zero-order valence-electron chi connectivity index (χ0n) is 13.4. The molecule has 1 aromatic heterocycles. The third-order valence-electron chi connectivity index (χ3n) is 3.89. The Bertz CT molecular complexity index is 539. The van der Waals surface area contributed by atoms with E-state index in [9.17, 15) is 9.59 Å². The van der Waals surface area contributed by atoms with Gasteiger partial charge in [-0.1, -0.05) is 6.08 Å². The second-order valence-electron chi connectivity index (χ2n) is 5.58. The molecule has 124 valence electrons. The van der Waals surface area contributed by atoms with Crippen molar-refractivity contribution in [1.82, 2.24) is 15.2 Å². The number of hydrogen-bond donors (Lipinski definition) is 1. The highest BCUT2D eigenvalue weighted by atomic mass is 16.5. The Morgan fingerprint density at radius 2 is 2.09 bits per heavy atom. The van der Waals surface area contributed by atoms with Crippen LogP contribution in [0.5, 0.6) is 0 Å². The van der Waals surface area contributed by atoms with Crippen LogP contribution in [-0.2, 0) is 9.53 Å². The molecule has 0 unspecified atom stereocenters. The molecule has 1 saturated heterocycles. The van der Waals surface area contributed by atoms with Crippen LogP contribution in [0.3, 0.4) is 0 Å². The van der Waals surface area contributed by atoms with Crippen molar-refractivity contribution in [2.45, 2.75) is 31.9 Å². The lowest BCUT2D eigenvalue weighted by atomic mass is 10.0. The molecule has 2 heterocycles. The number of aromatic nitrogens is 1. The summed E-state index contributed by atoms with van der Waals surface area (Å²) < 4.78 is 5.31. The van der Waals surface area contributed by atoms with Gasteiger partial charge in [0.15, 0.2) is 0 Å². The number of piperidine rings is 1. The smallest absolute Gasteiger partial charge is 0.253 e. The van der Waals surface area contributed by atoms with Crippen molar-refractivity contribution in [3.05, 3.63) is 42.7 Å². The largest absolute Gasteiger partial charge is 0.365 e. The summed E-state index contributed by atoms with van der Waals surface area (Å²) in [7, 11) is 0. The van der Waals surface area contributed by atoms with Gasteiger partial charge in [0.25, 0.3) is 5.91 Å². The van der Waals surface area contributed by atoms with Gasteiger partial charge in [-0.2, -0.15) is 0 Å². The molecule has 1 aromatic rings. The van der Waals surface area contributed by atoms with E-state index in [0.717, 1.165) is 12.8 Å². The van der Waals surface area contributed by atoms with Gasteiger partial charge >= 0.3 is 0 Å². The summed E-state index contributed by atoms with van der Waals surface area (Å²) >= 11 is 0. The van der Waals surface area contributed by atoms with Gasteiger partial charge in [0.2, 0.25) is 5.91 Å². The number of nitrogens with zero attached hydrogens (tertiary/aromatic N) is 2. The molecular weight excluding hydrogens is 294 g/mol. The highest BCUT2D eigenvalue weighted by Crippen LogP contribution is 2.14. The third kappa shape index (κ3) is 4.89. The van der Waals surface area contributed by atoms with Crippen LogP contribution in [0.4, 0.5) is 0 Å². The van der Waals surface area contributed by atoms with Crippen molar-refractivity contribution in [2.24, 2.45) is 0 Å². The molecule has 1 aliphatic rings. The minimum absolute atomic E-state index is 0.0138. The van der Waals surface area contributed by atoms with Crippen molar-refractivity contribution < 1.29 is 14.3 Å². The highest BCUT2D eigenvalue weighted by Gasteiger charge is 2.25. The molecule has 2 amide bonds. The van der Waals surface area contributed by atoms with Crippen molar-refractivity contribution in [3.8, 4) is 0 Å². The second-order valence-corrected chi connectivity index (χ2v) is 5.58. The molecule has 0 spiro atoms. The molecule has 0 aromatic carbocycles. The molecule has 0 saturated carbocycles. The number of ether oxygens (including phenoxy) is 1. The van der Waals surface area contributed by atoms with Crippen molar-refractivity contribution in [3.63, 3.8) is 0 Å². The Kier molecular flexibility index (Phi) is 6.29. The second kappa shape index (κ2) is 8.43. The summed E-state index contributed by atoms with van der Waals surface area (Å²) in [4.78, 5) is 30.1. The van der Waals surface area contributed by atoms with Gasteiger partial charge in [-0.05, 0) is 31.9 Å². The van der Waals surface area contributed by atoms with Crippen molar-refractivity contribution in [2.75, 3.05) is 19.7 Å². The summed E-state index contributed by atoms with van der Waals surface area (Å²) in [6.07, 6.45) is 5.85. The Morgan fingerprint density at radius 3 is 2.70 bits per heavy atom. The van der Waals surface area contributed by atoms with Crippen LogP contribution < -0.4 is 5.32 Å². The number of likely N-dealkylation sites (tertiary alicyclic amines) is 1. The van der Waals surface area contributed by atoms with E-state index in [1.54, 1.807) is 37.5 Å². The highest BCUT2D eigenvalue weighted by molar-refractivity contribution is 5.94. The summed E-state index contributed by atoms with van der Waals surface area (Å²) in [6.45, 7) is 6.90. The standard InChI is InChI=1S/C17H23N3O3/c1-3-12-23-13(2)16(21)19-15-6-10-20(11-7-15)17(22)14-4-8-18-9-5-14/h3-5,8-9,13,15H,1,6-7,10-12H2,2H3,(H,19,21)/t13-/m0/s1. The van der Waals surface area contributed by atoms with Crippen LogP contribution in [0, 0.1) is 0 Å². The summed E-state index contributed by atoms with van der Waals surface area (Å²) in [5.41, 5.74) is 0.647. The lowest BCUT2D eigenvalue weighted by Gasteiger charge is -2.33. The first-order valence-electron chi connectivity index (χ1n) is 7.84. The third-order valence-corrected chi connectivity index (χ3v) is 3.89. The molecule has 1 N–H and O–H groups in total. The number of nitrogens with one attached hydrogen (secondary N) is 1. The zero-order valence-corrected chi connectivity index (χ0v) is 13.4. The first-order chi connectivity index (χ1) is 11.1. The predicted octanol–water partition coefficient (Wildman–Crippen LogP) is 1.39. The quantitative estimate of drug-likeness (QED) is 0.805. The summed E-state index contributed by atoms with van der Waals surface area (Å²) in [5, 5.41) is 2.98. The minimum Gasteiger partial charge on any atom is -0.365 e. The SMILES string of the molecule is C=CCO[C@@H](C)C(=O)NC1CCN(C(=O)c2ccncc2)CC1. The van der Waals surface area contributed by atoms with Gasteiger partial charge < -0.3 is 15.0 Å². The molecule has 23 heavy (non-hydrogen) atoms. The number of carbonyl (C=O) groups excluding carboxylic acids is 2. The van der Waals surface area contributed by atoms with Gasteiger partial charge in [0.05, 0.1) is 6.61 Å². The van der Waals surface area contributed by atoms with Gasteiger partial charge in [-0.3, -0.25) is 14.6 Å². The van der Waals surface area contributed by atoms with Crippen LogP contribution in [0.1, 0.15) is 30.1 Å². The number of amides is 2. The van der Waals surface area contributed by atoms with E-state index in [-0.39, 0.29) is 17.9 Å². The number of rotatable bonds is 6. The predicted molar refractivity (Wildman–Crippen MR) is 86.9 cm³/mol. The van der Waals surface area contributed by atoms with Crippen LogP contribution in [0.25, 0.3) is 0 Å². The lowest BCUT2D eigenvalue weighted by Crippen LogP contribution is -2.48. The first-order valence-corrected chi connectivity index (χ1v) is 7.84. The van der Waals surface area contributed by atoms with Crippen molar-refractivity contribution in [1.29, 1.82) is 0 Å². The fourth-order valence-corrected chi connectivity index (χ4v) is 2.51. The Labute approximate surface area is 136 Å². The maximum atomic E-state index is 12.3. The molecule has 2 rings (SSSR count). The van der Waals surface area contributed by atoms with E-state index in [2.05, 4.69) is 16.9 Å². The van der Waals surface area contributed by atoms with Crippen LogP contribution in [0.15, 0.2) is 37.2 Å². The van der Waals surface area contributed by atoms with Gasteiger partial charge in [0.1, 0.15) is 6.10 Å². The van der Waals surface area contributed by atoms with E-state index >= 15 is 0 Å². The minimum atomic E-state index is -0.496. The van der Waals surface area contributed by atoms with E-state index in [4.69, 9.17) is 4.74 Å². The normalized spacial score (nSPS) is 16.7. The van der Waals surface area contributed by atoms with E-state index in [1.165, 1.54) is 0 Å². The van der Waals surface area contributed by atoms with E-state index in [1.807, 2.05) is 4.90 Å². The number of pyridine rings is 1. The lowest BCUT2D eigenvalue weighted by molar-refractivity contribution is -0.132. The Hall–Kier alpha value is -2.21. The Morgan fingerprint density at radius 1 is 1.43 bits per heavy atom. The maximum absolute atomic E-state index is 12.3. The first kappa shape index (κ1) is 17.1. The molecule has 0 bridgehead atoms. The number of carbonyl (C=O) groups is 2. The van der Waals surface area contributed by atoms with Crippen molar-refractivity contribution >= 4 is 11.8 Å². The average molecular weight is 317 g/mol. The summed E-state index contributed by atoms with van der Waals surface area (Å²) in [6, 6.07) is 3.52. The molecule has 1 atom stereocenters. The zero-order chi connectivity index (χ0) is 16.7. The number of hydrogen-bond acceptors (Lipinski definition) is 4. The van der Waals surface area contributed by atoms with E-state index < -0.39 is 6.10 Å². The van der Waals surface area contributed by atoms with Crippen LogP contribution >= 0.6 is 0 Å². The molecule has 1 fully saturated rings. The van der Waals surface area contributed by atoms with Gasteiger partial charge in [0, 0.05) is 37.1 Å². The van der Waals surface area contributed by atoms with E-state index in [0.29, 0.717) is 25.3 Å². The molecule has 0 radical (unpaired) electrons. The van der Waals surface area contributed by atoms with Crippen LogP contribution in [0.2, 0.25) is 0 Å². The van der Waals surface area contributed by atoms with Crippen LogP contribution in [-0.4, -0.2) is 53.5 Å². The molecule has 6 heteroatoms. The topological polar surface area (TPSA) is 71.5 Å². The maximum Gasteiger partial charge on any atom is 0.253 e. The molecule has 6 nitrogen and oxygen atoms in total. The average Bonchev–Trinajstić information content (AvgIpc) is 2.60.